The van der Waals surface area contributed by atoms with Gasteiger partial charge in [0, 0.05) is 0 Å². The molecule has 0 spiro atoms. The van der Waals surface area contributed by atoms with Crippen LogP contribution in [0.3, 0.4) is 0 Å². The van der Waals surface area contributed by atoms with E-state index in [2.05, 4.69) is 116 Å². The first-order valence-electron chi connectivity index (χ1n) is 8.86. The van der Waals surface area contributed by atoms with Gasteiger partial charge in [0.15, 0.2) is 0 Å². The van der Waals surface area contributed by atoms with Gasteiger partial charge in [0.05, 0.1) is 0 Å². The van der Waals surface area contributed by atoms with Crippen molar-refractivity contribution in [1.82, 2.24) is 0 Å². The average Bonchev–Trinajstić information content (AvgIpc) is 3.21. The van der Waals surface area contributed by atoms with Crippen LogP contribution >= 0.6 is 15.5 Å². The zero-order chi connectivity index (χ0) is 17.8. The standard InChI is InChI=1S/C24H22P2/c1-25-20-17-18-24(19-20)26(21-11-5-2-6-12-21,22-13-7-3-8-14-22)23-15-9-4-10-16-23/h2-19,25H,1H3. The van der Waals surface area contributed by atoms with Crippen molar-refractivity contribution in [2.45, 2.75) is 0 Å². The van der Waals surface area contributed by atoms with Crippen LogP contribution in [0.5, 0.6) is 0 Å². The fourth-order valence-electron chi connectivity index (χ4n) is 3.64. The maximum atomic E-state index is 2.43. The molecule has 1 unspecified atom stereocenters. The van der Waals surface area contributed by atoms with Gasteiger partial charge in [-0.05, 0) is 46.1 Å². The Morgan fingerprint density at radius 1 is 0.577 bits per heavy atom. The lowest BCUT2D eigenvalue weighted by Crippen LogP contribution is -2.29. The lowest BCUT2D eigenvalue weighted by Gasteiger charge is -2.30. The van der Waals surface area contributed by atoms with Gasteiger partial charge in [0.2, 0.25) is 0 Å². The van der Waals surface area contributed by atoms with Gasteiger partial charge >= 0.3 is 0 Å². The molecule has 0 saturated heterocycles. The minimum Gasteiger partial charge on any atom is -0.0936 e. The largest absolute Gasteiger partial charge is 0.0936 e. The minimum absolute atomic E-state index is 0.821. The Labute approximate surface area is 158 Å². The first-order chi connectivity index (χ1) is 12.9. The molecule has 3 aromatic rings. The summed E-state index contributed by atoms with van der Waals surface area (Å²) in [6.07, 6.45) is 7.09. The van der Waals surface area contributed by atoms with Crippen molar-refractivity contribution in [3.63, 3.8) is 0 Å². The molecule has 0 bridgehead atoms. The number of hydrogen-bond acceptors (Lipinski definition) is 0. The second kappa shape index (κ2) is 7.63. The van der Waals surface area contributed by atoms with E-state index in [1.165, 1.54) is 26.5 Å². The summed E-state index contributed by atoms with van der Waals surface area (Å²) in [7, 11) is 0.821. The molecule has 0 aromatic heterocycles. The van der Waals surface area contributed by atoms with E-state index in [4.69, 9.17) is 0 Å². The predicted molar refractivity (Wildman–Crippen MR) is 122 cm³/mol. The van der Waals surface area contributed by atoms with Gasteiger partial charge in [0.1, 0.15) is 0 Å². The molecule has 1 aliphatic rings. The molecule has 0 fully saturated rings. The SMILES string of the molecule is CPC1=CC(=P(c2ccccc2)(c2ccccc2)c2ccccc2)C=C1. The first kappa shape index (κ1) is 17.3. The van der Waals surface area contributed by atoms with Gasteiger partial charge in [-0.1, -0.05) is 112 Å². The van der Waals surface area contributed by atoms with E-state index < -0.39 is 6.89 Å². The van der Waals surface area contributed by atoms with Crippen LogP contribution < -0.4 is 15.9 Å². The van der Waals surface area contributed by atoms with Crippen LogP contribution in [0.4, 0.5) is 0 Å². The van der Waals surface area contributed by atoms with E-state index in [1.54, 1.807) is 0 Å². The van der Waals surface area contributed by atoms with Crippen LogP contribution in [0.1, 0.15) is 0 Å². The molecule has 4 rings (SSSR count). The summed E-state index contributed by atoms with van der Waals surface area (Å²) < 4.78 is 0. The van der Waals surface area contributed by atoms with Crippen molar-refractivity contribution in [2.24, 2.45) is 0 Å². The maximum Gasteiger partial charge on any atom is -0.0149 e. The summed E-state index contributed by atoms with van der Waals surface area (Å²) in [6.45, 7) is 0.363. The molecule has 2 heteroatoms. The number of benzene rings is 3. The van der Waals surface area contributed by atoms with Gasteiger partial charge < -0.3 is 0 Å². The second-order valence-electron chi connectivity index (χ2n) is 6.29. The third-order valence-electron chi connectivity index (χ3n) is 4.84. The van der Waals surface area contributed by atoms with Crippen LogP contribution in [-0.2, 0) is 0 Å². The van der Waals surface area contributed by atoms with Crippen molar-refractivity contribution in [2.75, 3.05) is 6.66 Å². The van der Waals surface area contributed by atoms with Gasteiger partial charge in [0.25, 0.3) is 0 Å². The third kappa shape index (κ3) is 2.95. The normalized spacial score (nSPS) is 14.2. The highest BCUT2D eigenvalue weighted by Gasteiger charge is 2.28. The van der Waals surface area contributed by atoms with E-state index in [0.717, 1.165) is 8.58 Å². The van der Waals surface area contributed by atoms with E-state index in [-0.39, 0.29) is 0 Å². The lowest BCUT2D eigenvalue weighted by atomic mass is 10.4. The highest BCUT2D eigenvalue weighted by atomic mass is 31.2. The zero-order valence-corrected chi connectivity index (χ0v) is 16.7. The second-order valence-corrected chi connectivity index (χ2v) is 10.8. The van der Waals surface area contributed by atoms with Crippen LogP contribution in [0.2, 0.25) is 0 Å². The van der Waals surface area contributed by atoms with Crippen molar-refractivity contribution < 1.29 is 0 Å². The van der Waals surface area contributed by atoms with Crippen molar-refractivity contribution in [1.29, 1.82) is 0 Å². The molecule has 0 amide bonds. The molecular weight excluding hydrogens is 350 g/mol. The molecule has 0 N–H and O–H groups in total. The summed E-state index contributed by atoms with van der Waals surface area (Å²) in [4.78, 5) is 0. The molecule has 3 aromatic carbocycles. The Balaban J connectivity index is 2.19. The molecule has 0 saturated carbocycles. The Morgan fingerprint density at radius 2 is 1.00 bits per heavy atom. The molecule has 0 aliphatic heterocycles. The summed E-state index contributed by atoms with van der Waals surface area (Å²) in [5.41, 5.74) is 0. The van der Waals surface area contributed by atoms with Crippen LogP contribution in [-0.4, -0.2) is 12.0 Å². The first-order valence-corrected chi connectivity index (χ1v) is 12.2. The Hall–Kier alpha value is -2.13. The molecule has 1 aliphatic carbocycles. The van der Waals surface area contributed by atoms with Crippen molar-refractivity contribution in [3.8, 4) is 0 Å². The molecule has 26 heavy (non-hydrogen) atoms. The minimum atomic E-state index is -1.89. The summed E-state index contributed by atoms with van der Waals surface area (Å²) in [5, 5.41) is 7.12. The Morgan fingerprint density at radius 3 is 1.35 bits per heavy atom. The van der Waals surface area contributed by atoms with E-state index in [0.29, 0.717) is 0 Å². The molecule has 128 valence electrons. The Bertz CT molecular complexity index is 894. The number of allylic oxidation sites excluding steroid dienone is 4. The lowest BCUT2D eigenvalue weighted by molar-refractivity contribution is 1.73. The van der Waals surface area contributed by atoms with Gasteiger partial charge in [-0.15, -0.1) is 0 Å². The smallest absolute Gasteiger partial charge is 0.0149 e. The van der Waals surface area contributed by atoms with Gasteiger partial charge in [-0.2, -0.15) is 0 Å². The fourth-order valence-corrected chi connectivity index (χ4v) is 8.59. The molecule has 0 heterocycles. The number of hydrogen-bond donors (Lipinski definition) is 0. The highest BCUT2D eigenvalue weighted by molar-refractivity contribution is 7.96. The van der Waals surface area contributed by atoms with Crippen LogP contribution in [0.15, 0.2) is 115 Å². The van der Waals surface area contributed by atoms with Crippen LogP contribution in [0.25, 0.3) is 0 Å². The molecular formula is C24H22P2. The summed E-state index contributed by atoms with van der Waals surface area (Å²) in [6, 6.07) is 33.1. The highest BCUT2D eigenvalue weighted by Crippen LogP contribution is 2.48. The third-order valence-corrected chi connectivity index (χ3v) is 10.0. The summed E-state index contributed by atoms with van der Waals surface area (Å²) in [5.74, 6) is 0. The quantitative estimate of drug-likeness (QED) is 0.571. The molecule has 0 nitrogen and oxygen atoms in total. The summed E-state index contributed by atoms with van der Waals surface area (Å²) >= 11 is 0. The van der Waals surface area contributed by atoms with E-state index in [1.807, 2.05) is 0 Å². The fraction of sp³-hybridized carbons (Fsp3) is 0.0417. The van der Waals surface area contributed by atoms with Crippen molar-refractivity contribution in [3.05, 3.63) is 115 Å². The zero-order valence-electron chi connectivity index (χ0n) is 14.8. The molecule has 0 radical (unpaired) electrons. The maximum absolute atomic E-state index is 2.43. The monoisotopic (exact) mass is 372 g/mol. The van der Waals surface area contributed by atoms with Crippen molar-refractivity contribution >= 4 is 36.7 Å². The van der Waals surface area contributed by atoms with E-state index >= 15 is 0 Å². The number of rotatable bonds is 4. The average molecular weight is 372 g/mol. The van der Waals surface area contributed by atoms with Gasteiger partial charge in [-0.3, -0.25) is 0 Å². The Kier molecular flexibility index (Phi) is 5.07. The predicted octanol–water partition coefficient (Wildman–Crippen LogP) is 4.91. The van der Waals surface area contributed by atoms with Crippen LogP contribution in [0, 0.1) is 0 Å². The molecule has 1 atom stereocenters. The van der Waals surface area contributed by atoms with Gasteiger partial charge in [-0.25, -0.2) is 0 Å². The topological polar surface area (TPSA) is 0 Å². The van der Waals surface area contributed by atoms with E-state index in [9.17, 15) is 0 Å².